The van der Waals surface area contributed by atoms with E-state index in [4.69, 9.17) is 14.2 Å². The molecular formula is C27H31NO3. The first-order valence-electron chi connectivity index (χ1n) is 10.6. The zero-order valence-electron chi connectivity index (χ0n) is 18.6. The topological polar surface area (TPSA) is 39.7 Å². The molecule has 31 heavy (non-hydrogen) atoms. The first kappa shape index (κ1) is 22.3. The van der Waals surface area contributed by atoms with Gasteiger partial charge in [-0.25, -0.2) is 0 Å². The molecule has 3 aromatic rings. The van der Waals surface area contributed by atoms with Gasteiger partial charge in [0.05, 0.1) is 13.7 Å². The molecule has 0 heterocycles. The van der Waals surface area contributed by atoms with E-state index < -0.39 is 0 Å². The van der Waals surface area contributed by atoms with Crippen LogP contribution in [0.5, 0.6) is 17.2 Å². The Labute approximate surface area is 185 Å². The summed E-state index contributed by atoms with van der Waals surface area (Å²) in [6, 6.07) is 20.5. The van der Waals surface area contributed by atoms with Gasteiger partial charge in [-0.05, 0) is 67.8 Å². The molecule has 162 valence electrons. The van der Waals surface area contributed by atoms with Crippen molar-refractivity contribution in [1.82, 2.24) is 0 Å². The van der Waals surface area contributed by atoms with Crippen molar-refractivity contribution in [2.24, 2.45) is 0 Å². The van der Waals surface area contributed by atoms with Gasteiger partial charge < -0.3 is 19.5 Å². The van der Waals surface area contributed by atoms with E-state index in [1.165, 1.54) is 5.56 Å². The van der Waals surface area contributed by atoms with Gasteiger partial charge in [-0.1, -0.05) is 35.9 Å². The van der Waals surface area contributed by atoms with Crippen molar-refractivity contribution in [1.29, 1.82) is 0 Å². The van der Waals surface area contributed by atoms with Gasteiger partial charge in [0, 0.05) is 17.8 Å². The minimum atomic E-state index is 0.491. The van der Waals surface area contributed by atoms with Crippen molar-refractivity contribution in [3.8, 4) is 17.2 Å². The molecule has 0 aliphatic carbocycles. The molecular weight excluding hydrogens is 386 g/mol. The van der Waals surface area contributed by atoms with Gasteiger partial charge in [0.15, 0.2) is 11.5 Å². The zero-order chi connectivity index (χ0) is 22.1. The Morgan fingerprint density at radius 3 is 2.32 bits per heavy atom. The fourth-order valence-electron chi connectivity index (χ4n) is 3.33. The molecule has 0 aliphatic heterocycles. The maximum Gasteiger partial charge on any atom is 0.165 e. The smallest absolute Gasteiger partial charge is 0.165 e. The molecule has 0 spiro atoms. The van der Waals surface area contributed by atoms with Crippen molar-refractivity contribution in [3.63, 3.8) is 0 Å². The van der Waals surface area contributed by atoms with E-state index in [9.17, 15) is 0 Å². The lowest BCUT2D eigenvalue weighted by Gasteiger charge is -2.17. The molecule has 0 fully saturated rings. The predicted octanol–water partition coefficient (Wildman–Crippen LogP) is 6.32. The van der Waals surface area contributed by atoms with Gasteiger partial charge in [0.25, 0.3) is 0 Å². The van der Waals surface area contributed by atoms with Crippen molar-refractivity contribution in [2.45, 2.75) is 33.4 Å². The van der Waals surface area contributed by atoms with E-state index in [2.05, 4.69) is 49.2 Å². The van der Waals surface area contributed by atoms with Crippen LogP contribution in [0.15, 0.2) is 73.3 Å². The van der Waals surface area contributed by atoms with E-state index in [0.717, 1.165) is 39.6 Å². The summed E-state index contributed by atoms with van der Waals surface area (Å²) in [6.07, 6.45) is 2.59. The lowest BCUT2D eigenvalue weighted by molar-refractivity contribution is 0.281. The quantitative estimate of drug-likeness (QED) is 0.371. The highest BCUT2D eigenvalue weighted by Crippen LogP contribution is 2.34. The fraction of sp³-hybridized carbons (Fsp3) is 0.259. The predicted molar refractivity (Wildman–Crippen MR) is 127 cm³/mol. The number of hydrogen-bond donors (Lipinski definition) is 1. The normalized spacial score (nSPS) is 10.4. The van der Waals surface area contributed by atoms with Gasteiger partial charge in [0.2, 0.25) is 0 Å². The van der Waals surface area contributed by atoms with Crippen LogP contribution in [0.3, 0.4) is 0 Å². The van der Waals surface area contributed by atoms with Crippen LogP contribution >= 0.6 is 0 Å². The molecule has 0 bridgehead atoms. The summed E-state index contributed by atoms with van der Waals surface area (Å²) in [5.41, 5.74) is 5.57. The van der Waals surface area contributed by atoms with Gasteiger partial charge in [-0.2, -0.15) is 0 Å². The lowest BCUT2D eigenvalue weighted by atomic mass is 10.0. The summed E-state index contributed by atoms with van der Waals surface area (Å²) in [5, 5.41) is 3.46. The monoisotopic (exact) mass is 417 g/mol. The highest BCUT2D eigenvalue weighted by molar-refractivity contribution is 5.52. The maximum absolute atomic E-state index is 6.18. The second kappa shape index (κ2) is 11.1. The molecule has 4 nitrogen and oxygen atoms in total. The largest absolute Gasteiger partial charge is 0.494 e. The van der Waals surface area contributed by atoms with Gasteiger partial charge in [-0.15, -0.1) is 6.58 Å². The van der Waals surface area contributed by atoms with Crippen LogP contribution in [0.1, 0.15) is 29.2 Å². The Balaban J connectivity index is 1.74. The molecule has 3 rings (SSSR count). The highest BCUT2D eigenvalue weighted by atomic mass is 16.5. The van der Waals surface area contributed by atoms with Crippen molar-refractivity contribution in [2.75, 3.05) is 19.0 Å². The SMILES string of the molecule is C=CCc1cc(CNc2ccc(OCC)cc2)cc(OC)c1OCc1ccc(C)cc1. The Kier molecular flexibility index (Phi) is 7.99. The van der Waals surface area contributed by atoms with Crippen molar-refractivity contribution in [3.05, 3.63) is 95.6 Å². The summed E-state index contributed by atoms with van der Waals surface area (Å²) < 4.78 is 17.4. The molecule has 4 heteroatoms. The number of ether oxygens (including phenoxy) is 3. The first-order valence-corrected chi connectivity index (χ1v) is 10.6. The molecule has 0 aromatic heterocycles. The molecule has 3 aromatic carbocycles. The number of methoxy groups -OCH3 is 1. The minimum Gasteiger partial charge on any atom is -0.494 e. The number of hydrogen-bond acceptors (Lipinski definition) is 4. The second-order valence-corrected chi connectivity index (χ2v) is 7.36. The molecule has 0 amide bonds. The van der Waals surface area contributed by atoms with Crippen molar-refractivity contribution < 1.29 is 14.2 Å². The molecule has 0 radical (unpaired) electrons. The molecule has 1 N–H and O–H groups in total. The Bertz CT molecular complexity index is 979. The number of anilines is 1. The van der Waals surface area contributed by atoms with E-state index in [0.29, 0.717) is 26.2 Å². The van der Waals surface area contributed by atoms with E-state index in [1.807, 2.05) is 43.3 Å². The zero-order valence-corrected chi connectivity index (χ0v) is 18.6. The molecule has 0 unspecified atom stereocenters. The van der Waals surface area contributed by atoms with Crippen LogP contribution in [0.25, 0.3) is 0 Å². The summed E-state index contributed by atoms with van der Waals surface area (Å²) in [4.78, 5) is 0. The molecule has 0 aliphatic rings. The lowest BCUT2D eigenvalue weighted by Crippen LogP contribution is -2.05. The minimum absolute atomic E-state index is 0.491. The van der Waals surface area contributed by atoms with Crippen molar-refractivity contribution >= 4 is 5.69 Å². The standard InChI is InChI=1S/C27H31NO3/c1-5-7-23-16-22(18-28-24-12-14-25(15-13-24)30-6-2)17-26(29-4)27(23)31-19-21-10-8-20(3)9-11-21/h5,8-17,28H,1,6-7,18-19H2,2-4H3. The number of allylic oxidation sites excluding steroid dienone is 1. The first-order chi connectivity index (χ1) is 15.1. The second-order valence-electron chi connectivity index (χ2n) is 7.36. The molecule has 0 saturated carbocycles. The number of benzene rings is 3. The van der Waals surface area contributed by atoms with E-state index >= 15 is 0 Å². The maximum atomic E-state index is 6.18. The third-order valence-corrected chi connectivity index (χ3v) is 4.94. The Morgan fingerprint density at radius 2 is 1.68 bits per heavy atom. The van der Waals surface area contributed by atoms with Gasteiger partial charge >= 0.3 is 0 Å². The van der Waals surface area contributed by atoms with Crippen LogP contribution in [0, 0.1) is 6.92 Å². The van der Waals surface area contributed by atoms with Crippen LogP contribution in [-0.2, 0) is 19.6 Å². The van der Waals surface area contributed by atoms with Crippen LogP contribution in [0.4, 0.5) is 5.69 Å². The number of aryl methyl sites for hydroxylation is 1. The van der Waals surface area contributed by atoms with Gasteiger partial charge in [-0.3, -0.25) is 0 Å². The summed E-state index contributed by atoms with van der Waals surface area (Å²) in [6.45, 7) is 9.79. The third kappa shape index (κ3) is 6.29. The number of nitrogens with one attached hydrogen (secondary N) is 1. The van der Waals surface area contributed by atoms with E-state index in [1.54, 1.807) is 7.11 Å². The molecule has 0 saturated heterocycles. The van der Waals surface area contributed by atoms with Crippen LogP contribution < -0.4 is 19.5 Å². The number of rotatable bonds is 11. The molecule has 0 atom stereocenters. The third-order valence-electron chi connectivity index (χ3n) is 4.94. The van der Waals surface area contributed by atoms with E-state index in [-0.39, 0.29) is 0 Å². The summed E-state index contributed by atoms with van der Waals surface area (Å²) in [7, 11) is 1.68. The fourth-order valence-corrected chi connectivity index (χ4v) is 3.33. The van der Waals surface area contributed by atoms with Gasteiger partial charge in [0.1, 0.15) is 12.4 Å². The average molecular weight is 418 g/mol. The highest BCUT2D eigenvalue weighted by Gasteiger charge is 2.13. The summed E-state index contributed by atoms with van der Waals surface area (Å²) in [5.74, 6) is 2.38. The Hall–Kier alpha value is -3.40. The average Bonchev–Trinajstić information content (AvgIpc) is 2.79. The summed E-state index contributed by atoms with van der Waals surface area (Å²) >= 11 is 0. The van der Waals surface area contributed by atoms with Crippen LogP contribution in [-0.4, -0.2) is 13.7 Å². The Morgan fingerprint density at radius 1 is 0.935 bits per heavy atom. The van der Waals surface area contributed by atoms with Crippen LogP contribution in [0.2, 0.25) is 0 Å².